The van der Waals surface area contributed by atoms with Crippen LogP contribution >= 0.6 is 35.3 Å². The molecule has 3 saturated heterocycles. The number of thioether (sulfide) groups is 3. The molecule has 4 bridgehead atoms. The number of primary amides is 2. The first-order chi connectivity index (χ1) is 61.1. The topological polar surface area (TPSA) is 664 Å². The molecule has 5 heterocycles. The number of benzene rings is 3. The number of nitrogens with two attached hydrogens (primary N) is 3. The maximum atomic E-state index is 15.5. The number of aromatic amines is 2. The number of rotatable bonds is 22. The molecule has 5 aromatic rings. The molecular formula is C82H108N22O21S3. The van der Waals surface area contributed by atoms with E-state index in [2.05, 4.69) is 79.1 Å². The summed E-state index contributed by atoms with van der Waals surface area (Å²) in [4.78, 5) is 280. The van der Waals surface area contributed by atoms with Crippen molar-refractivity contribution >= 4 is 175 Å². The lowest BCUT2D eigenvalue weighted by atomic mass is 10.0. The lowest BCUT2D eigenvalue weighted by molar-refractivity contribution is -0.158. The monoisotopic (exact) mass is 1830 g/mol. The van der Waals surface area contributed by atoms with Crippen LogP contribution in [0.2, 0.25) is 0 Å². The molecule has 43 nitrogen and oxygen atoms in total. The average molecular weight is 1830 g/mol. The van der Waals surface area contributed by atoms with Crippen LogP contribution in [-0.2, 0) is 110 Å². The Bertz CT molecular complexity index is 4920. The molecule has 24 N–H and O–H groups in total. The van der Waals surface area contributed by atoms with Crippen molar-refractivity contribution in [2.45, 2.75) is 176 Å². The van der Waals surface area contributed by atoms with Crippen LogP contribution < -0.4 is 86.3 Å². The number of aromatic nitrogens is 2. The molecule has 0 spiro atoms. The summed E-state index contributed by atoms with van der Waals surface area (Å²) in [5.41, 5.74) is 19.6. The Labute approximate surface area is 746 Å². The lowest BCUT2D eigenvalue weighted by Gasteiger charge is -2.42. The van der Waals surface area contributed by atoms with Crippen molar-refractivity contribution in [3.8, 4) is 0 Å². The molecule has 0 unspecified atom stereocenters. The molecule has 3 aromatic carbocycles. The number of nitrogens with zero attached hydrogens (tertiary/aromatic N) is 3. The molecule has 2 aromatic heterocycles. The van der Waals surface area contributed by atoms with Crippen molar-refractivity contribution in [1.82, 2.24) is 93.8 Å². The minimum absolute atomic E-state index is 0.0181. The van der Waals surface area contributed by atoms with Gasteiger partial charge >= 0.3 is 11.9 Å². The summed E-state index contributed by atoms with van der Waals surface area (Å²) in [5, 5.41) is 62.6. The van der Waals surface area contributed by atoms with Gasteiger partial charge in [0.05, 0.1) is 33.0 Å². The van der Waals surface area contributed by atoms with E-state index in [1.54, 1.807) is 91.3 Å². The summed E-state index contributed by atoms with van der Waals surface area (Å²) in [6, 6.07) is 3.54. The fourth-order valence-electron chi connectivity index (χ4n) is 14.3. The zero-order valence-electron chi connectivity index (χ0n) is 70.1. The van der Waals surface area contributed by atoms with Crippen LogP contribution in [0.25, 0.3) is 21.8 Å². The molecule has 11 atom stereocenters. The van der Waals surface area contributed by atoms with E-state index in [-0.39, 0.29) is 92.6 Å². The van der Waals surface area contributed by atoms with E-state index in [0.29, 0.717) is 51.3 Å². The molecule has 9 rings (SSSR count). The van der Waals surface area contributed by atoms with Crippen LogP contribution in [0.3, 0.4) is 0 Å². The number of amides is 17. The van der Waals surface area contributed by atoms with Crippen LogP contribution in [-0.4, -0.2) is 287 Å². The average Bonchev–Trinajstić information content (AvgIpc) is 1.78. The van der Waals surface area contributed by atoms with Gasteiger partial charge in [-0.25, -0.2) is 0 Å². The second-order valence-electron chi connectivity index (χ2n) is 31.3. The molecule has 46 heteroatoms. The predicted molar refractivity (Wildman–Crippen MR) is 468 cm³/mol. The van der Waals surface area contributed by atoms with Gasteiger partial charge in [-0.3, -0.25) is 96.5 Å². The third-order valence-corrected chi connectivity index (χ3v) is 24.4. The van der Waals surface area contributed by atoms with Gasteiger partial charge in [0.25, 0.3) is 0 Å². The third kappa shape index (κ3) is 31.2. The van der Waals surface area contributed by atoms with E-state index in [4.69, 9.17) is 22.6 Å². The first-order valence-electron chi connectivity index (χ1n) is 41.5. The molecule has 690 valence electrons. The van der Waals surface area contributed by atoms with E-state index in [1.807, 2.05) is 0 Å². The number of carbonyl (C=O) groups excluding carboxylic acids is 17. The van der Waals surface area contributed by atoms with Crippen LogP contribution in [0, 0.1) is 11.3 Å². The quantitative estimate of drug-likeness (QED) is 0.0179. The standard InChI is InChI=1S/C82H108N22O21S3/c1-44(105)91-62-39-127-28-24-67(109)103-41-102-42-104(43-103)68(110)25-29-128-40-63(101-79(123)60(34-70(113)114)99-74(118)55(20-22-69(111)112)94-76(120)57(31-46-17-18-46)96-78(122)59(33-48-36-89-52-15-8-6-13-50(48)52)97-73(117)54(95-80(62)124)19-21-64(83)106)81(125)98-58(32-47-35-88-51-14-7-5-12-49(47)51)77(121)93-53(16-9-26-87-82(85)86)72(116)90-37-65(107)92-56(30-45-10-3-2-4-11-45)75(119)100-61(71(84)115)38-126-27-23-66(102)108/h2-8,10-15,35-36,46,53-63,88-89H,9,16-34,37-43H2,1H3,(H2,83,106)(H2,84,115)(H,90,116)(H,91,105)(H,92,107)(H,93,121)(H,94,120)(H,95,124)(H,96,122)(H,97,117)(H,98,125)(H,99,118)(H,100,119)(H,101,123)(H,111,112)(H,113,114)(H4,85,86,87)/t53-,54-,55-,56-,57-,58-,59-,60-,61-,62-,63-/m0/s1. The maximum Gasteiger partial charge on any atom is 0.305 e. The maximum absolute atomic E-state index is 15.5. The predicted octanol–water partition coefficient (Wildman–Crippen LogP) is -3.93. The molecular weight excluding hydrogens is 1730 g/mol. The van der Waals surface area contributed by atoms with Gasteiger partial charge in [0.2, 0.25) is 100 Å². The largest absolute Gasteiger partial charge is 0.481 e. The fraction of sp³-hybridized carbons (Fsp3) is 0.488. The number of carboxylic acids is 2. The highest BCUT2D eigenvalue weighted by atomic mass is 32.2. The number of carboxylic acid groups (broad SMARTS) is 2. The Morgan fingerprint density at radius 1 is 0.477 bits per heavy atom. The summed E-state index contributed by atoms with van der Waals surface area (Å²) in [5.74, 6) is -21.7. The van der Waals surface area contributed by atoms with Crippen LogP contribution in [0.5, 0.6) is 0 Å². The molecule has 1 aliphatic carbocycles. The Morgan fingerprint density at radius 3 is 1.45 bits per heavy atom. The van der Waals surface area contributed by atoms with Crippen LogP contribution in [0.15, 0.2) is 91.3 Å². The van der Waals surface area contributed by atoms with E-state index >= 15 is 19.2 Å². The van der Waals surface area contributed by atoms with Gasteiger partial charge < -0.3 is 121 Å². The summed E-state index contributed by atoms with van der Waals surface area (Å²) < 4.78 is 0. The highest BCUT2D eigenvalue weighted by Crippen LogP contribution is 2.34. The zero-order chi connectivity index (χ0) is 92.7. The highest BCUT2D eigenvalue weighted by molar-refractivity contribution is 7.99. The molecule has 4 aliphatic rings. The van der Waals surface area contributed by atoms with Gasteiger partial charge in [-0.2, -0.15) is 35.3 Å². The first-order valence-corrected chi connectivity index (χ1v) is 45.0. The second kappa shape index (κ2) is 48.6. The molecule has 128 heavy (non-hydrogen) atoms. The number of hydrogen-bond donors (Lipinski definition) is 21. The minimum atomic E-state index is -2.20. The first kappa shape index (κ1) is 98.8. The Balaban J connectivity index is 1.12. The van der Waals surface area contributed by atoms with Crippen molar-refractivity contribution in [3.05, 3.63) is 108 Å². The zero-order valence-corrected chi connectivity index (χ0v) is 72.6. The van der Waals surface area contributed by atoms with Gasteiger partial charge in [0.1, 0.15) is 66.5 Å². The number of fused-ring (bicyclic) bond motifs is 9. The van der Waals surface area contributed by atoms with Crippen molar-refractivity contribution in [2.75, 3.05) is 67.6 Å². The molecule has 1 saturated carbocycles. The summed E-state index contributed by atoms with van der Waals surface area (Å²) in [7, 11) is 0. The van der Waals surface area contributed by atoms with E-state index < -0.39 is 256 Å². The third-order valence-electron chi connectivity index (χ3n) is 21.2. The number of nitrogens with one attached hydrogen (secondary N) is 16. The van der Waals surface area contributed by atoms with Gasteiger partial charge in [-0.15, -0.1) is 0 Å². The Kier molecular flexibility index (Phi) is 37.5. The second-order valence-corrected chi connectivity index (χ2v) is 34.7. The van der Waals surface area contributed by atoms with Crippen LogP contribution in [0.4, 0.5) is 0 Å². The summed E-state index contributed by atoms with van der Waals surface area (Å²) >= 11 is 2.86. The van der Waals surface area contributed by atoms with Crippen molar-refractivity contribution < 1.29 is 101 Å². The Hall–Kier alpha value is -13.0. The van der Waals surface area contributed by atoms with Crippen molar-refractivity contribution in [1.29, 1.82) is 5.41 Å². The van der Waals surface area contributed by atoms with Crippen LogP contribution in [0.1, 0.15) is 107 Å². The van der Waals surface area contributed by atoms with E-state index in [1.165, 1.54) is 14.7 Å². The fourth-order valence-corrected chi connectivity index (χ4v) is 17.2. The van der Waals surface area contributed by atoms with E-state index in [9.17, 15) is 82.1 Å². The number of para-hydroxylation sites is 2. The van der Waals surface area contributed by atoms with Gasteiger partial charge in [0, 0.05) is 134 Å². The van der Waals surface area contributed by atoms with Gasteiger partial charge in [-0.1, -0.05) is 79.6 Å². The minimum Gasteiger partial charge on any atom is -0.481 e. The van der Waals surface area contributed by atoms with Gasteiger partial charge in [-0.05, 0) is 66.8 Å². The highest BCUT2D eigenvalue weighted by Gasteiger charge is 2.41. The molecule has 0 radical (unpaired) electrons. The number of guanidine groups is 1. The normalized spacial score (nSPS) is 23.8. The summed E-state index contributed by atoms with van der Waals surface area (Å²) in [6.45, 7) is -0.978. The lowest BCUT2D eigenvalue weighted by Crippen LogP contribution is -2.61. The number of H-pyrrole nitrogens is 2. The molecule has 4 fully saturated rings. The Morgan fingerprint density at radius 2 is 0.930 bits per heavy atom. The van der Waals surface area contributed by atoms with Crippen molar-refractivity contribution in [2.24, 2.45) is 23.1 Å². The smallest absolute Gasteiger partial charge is 0.305 e. The van der Waals surface area contributed by atoms with Crippen molar-refractivity contribution in [3.63, 3.8) is 0 Å². The van der Waals surface area contributed by atoms with E-state index in [0.717, 1.165) is 42.2 Å². The number of hydrogen-bond acceptors (Lipinski definition) is 23. The summed E-state index contributed by atoms with van der Waals surface area (Å²) in [6.07, 6.45) is -1.84. The molecule has 3 aliphatic heterocycles. The SMILES string of the molecule is CC(=O)N[C@H]1CSCCC(=O)N2CN3CN(C2)C(=O)CCSC[C@H](NC(=O)[C@H](CC(=O)O)NC(=O)[C@H](CCC(=O)O)NC(=O)[C@H](CC2CC2)NC(=O)[C@H](Cc2c[nH]c4ccccc24)NC(=O)[C@H](CCC(N)=O)NC1=O)C(=O)N[C@@H](Cc1c[nH]c2ccccc12)C(=O)N[C@@H](CCCNC(=N)N)C(=O)NCC(=O)N[C@@H](Cc1ccccc1)C(=O)N[C@H](C(N)=O)CSCCC3=O. The van der Waals surface area contributed by atoms with Gasteiger partial charge in [0.15, 0.2) is 5.96 Å². The molecule has 17 amide bonds. The number of aliphatic carboxylic acids is 2. The number of carbonyl (C=O) groups is 19.